The van der Waals surface area contributed by atoms with Gasteiger partial charge in [0.15, 0.2) is 5.65 Å². The molecule has 6 nitrogen and oxygen atoms in total. The van der Waals surface area contributed by atoms with Crippen molar-refractivity contribution in [2.45, 2.75) is 19.6 Å². The molecule has 0 saturated carbocycles. The number of aromatic nitrogens is 4. The van der Waals surface area contributed by atoms with E-state index in [1.165, 1.54) is 16.9 Å². The molecule has 3 rings (SSSR count). The molecule has 1 aromatic carbocycles. The number of nitrogens with two attached hydrogens (primary N) is 1. The maximum absolute atomic E-state index is 13.0. The summed E-state index contributed by atoms with van der Waals surface area (Å²) < 4.78 is 40.4. The highest BCUT2D eigenvalue weighted by atomic mass is 19.4. The van der Waals surface area contributed by atoms with Crippen molar-refractivity contribution in [3.8, 4) is 17.0 Å². The minimum atomic E-state index is -4.66. The third-order valence-electron chi connectivity index (χ3n) is 3.38. The SMILES string of the molecule is CCn1nc(-c2ccc(O)c(C(F)(F)F)c2)c2cnc(N)nc21. The van der Waals surface area contributed by atoms with E-state index in [0.29, 0.717) is 23.3 Å². The zero-order chi connectivity index (χ0) is 16.8. The van der Waals surface area contributed by atoms with Crippen molar-refractivity contribution in [1.29, 1.82) is 0 Å². The summed E-state index contributed by atoms with van der Waals surface area (Å²) in [6, 6.07) is 3.21. The Labute approximate surface area is 128 Å². The van der Waals surface area contributed by atoms with Gasteiger partial charge in [0.05, 0.1) is 10.9 Å². The minimum Gasteiger partial charge on any atom is -0.507 e. The summed E-state index contributed by atoms with van der Waals surface area (Å²) in [6.45, 7) is 2.30. The Balaban J connectivity index is 2.25. The zero-order valence-corrected chi connectivity index (χ0v) is 12.0. The van der Waals surface area contributed by atoms with Crippen LogP contribution in [0.5, 0.6) is 5.75 Å². The number of rotatable bonds is 2. The summed E-state index contributed by atoms with van der Waals surface area (Å²) >= 11 is 0. The van der Waals surface area contributed by atoms with Crippen molar-refractivity contribution < 1.29 is 18.3 Å². The Morgan fingerprint density at radius 1 is 1.30 bits per heavy atom. The molecule has 0 saturated heterocycles. The lowest BCUT2D eigenvalue weighted by atomic mass is 10.1. The summed E-state index contributed by atoms with van der Waals surface area (Å²) in [5.74, 6) is -0.777. The summed E-state index contributed by atoms with van der Waals surface area (Å²) in [5, 5.41) is 14.2. The van der Waals surface area contributed by atoms with Gasteiger partial charge in [-0.05, 0) is 25.1 Å². The van der Waals surface area contributed by atoms with E-state index in [-0.39, 0.29) is 11.5 Å². The molecule has 0 aliphatic heterocycles. The van der Waals surface area contributed by atoms with Gasteiger partial charge in [0.2, 0.25) is 5.95 Å². The molecule has 9 heteroatoms. The number of anilines is 1. The van der Waals surface area contributed by atoms with Gasteiger partial charge in [-0.1, -0.05) is 0 Å². The van der Waals surface area contributed by atoms with Gasteiger partial charge in [0.25, 0.3) is 0 Å². The second-order valence-corrected chi connectivity index (χ2v) is 4.86. The lowest BCUT2D eigenvalue weighted by Gasteiger charge is -2.10. The van der Waals surface area contributed by atoms with Crippen LogP contribution >= 0.6 is 0 Å². The predicted molar refractivity (Wildman–Crippen MR) is 77.5 cm³/mol. The molecule has 0 radical (unpaired) electrons. The fraction of sp³-hybridized carbons (Fsp3) is 0.214. The Hall–Kier alpha value is -2.84. The van der Waals surface area contributed by atoms with Gasteiger partial charge < -0.3 is 10.8 Å². The van der Waals surface area contributed by atoms with Crippen molar-refractivity contribution in [2.24, 2.45) is 0 Å². The van der Waals surface area contributed by atoms with E-state index in [1.807, 2.05) is 6.92 Å². The van der Waals surface area contributed by atoms with Crippen LogP contribution in [0.15, 0.2) is 24.4 Å². The van der Waals surface area contributed by atoms with Gasteiger partial charge in [-0.3, -0.25) is 0 Å². The molecule has 23 heavy (non-hydrogen) atoms. The zero-order valence-electron chi connectivity index (χ0n) is 12.0. The topological polar surface area (TPSA) is 89.8 Å². The van der Waals surface area contributed by atoms with Gasteiger partial charge in [-0.2, -0.15) is 23.3 Å². The van der Waals surface area contributed by atoms with Crippen LogP contribution in [-0.4, -0.2) is 24.9 Å². The smallest absolute Gasteiger partial charge is 0.419 e. The van der Waals surface area contributed by atoms with Crippen molar-refractivity contribution in [1.82, 2.24) is 19.7 Å². The molecule has 0 unspecified atom stereocenters. The minimum absolute atomic E-state index is 0.0559. The average molecular weight is 323 g/mol. The molecule has 0 amide bonds. The van der Waals surface area contributed by atoms with Crippen molar-refractivity contribution >= 4 is 17.0 Å². The molecule has 0 bridgehead atoms. The van der Waals surface area contributed by atoms with Crippen molar-refractivity contribution in [2.75, 3.05) is 5.73 Å². The average Bonchev–Trinajstić information content (AvgIpc) is 2.84. The molecule has 2 aromatic heterocycles. The number of alkyl halides is 3. The first-order chi connectivity index (χ1) is 10.8. The molecule has 0 fully saturated rings. The number of nitrogen functional groups attached to an aromatic ring is 1. The Morgan fingerprint density at radius 2 is 2.04 bits per heavy atom. The van der Waals surface area contributed by atoms with E-state index in [2.05, 4.69) is 15.1 Å². The lowest BCUT2D eigenvalue weighted by Crippen LogP contribution is -2.05. The molecule has 2 heterocycles. The summed E-state index contributed by atoms with van der Waals surface area (Å²) in [4.78, 5) is 7.95. The summed E-state index contributed by atoms with van der Waals surface area (Å²) in [7, 11) is 0. The maximum Gasteiger partial charge on any atom is 0.419 e. The van der Waals surface area contributed by atoms with Gasteiger partial charge in [-0.15, -0.1) is 0 Å². The van der Waals surface area contributed by atoms with Crippen LogP contribution in [-0.2, 0) is 12.7 Å². The third-order valence-corrected chi connectivity index (χ3v) is 3.38. The molecule has 3 N–H and O–H groups in total. The first kappa shape index (κ1) is 15.1. The molecule has 0 aliphatic carbocycles. The van der Waals surface area contributed by atoms with Crippen LogP contribution in [0.4, 0.5) is 19.1 Å². The Kier molecular flexibility index (Phi) is 3.35. The molecule has 120 valence electrons. The number of fused-ring (bicyclic) bond motifs is 1. The number of hydrogen-bond donors (Lipinski definition) is 2. The van der Waals surface area contributed by atoms with Crippen molar-refractivity contribution in [3.05, 3.63) is 30.0 Å². The summed E-state index contributed by atoms with van der Waals surface area (Å²) in [5.41, 5.74) is 5.38. The standard InChI is InChI=1S/C14H12F3N5O/c1-2-22-12-8(6-19-13(18)20-12)11(21-22)7-3-4-10(23)9(5-7)14(15,16)17/h3-6,23H,2H2,1H3,(H2,18,19,20). The highest BCUT2D eigenvalue weighted by molar-refractivity contribution is 5.91. The van der Waals surface area contributed by atoms with Crippen LogP contribution in [0, 0.1) is 0 Å². The molecule has 0 aliphatic rings. The third kappa shape index (κ3) is 2.54. The van der Waals surface area contributed by atoms with Crippen LogP contribution in [0.1, 0.15) is 12.5 Å². The van der Waals surface area contributed by atoms with E-state index in [9.17, 15) is 18.3 Å². The highest BCUT2D eigenvalue weighted by Gasteiger charge is 2.34. The number of aryl methyl sites for hydroxylation is 1. The van der Waals surface area contributed by atoms with Crippen LogP contribution < -0.4 is 5.73 Å². The normalized spacial score (nSPS) is 12.0. The molecular formula is C14H12F3N5O. The first-order valence-electron chi connectivity index (χ1n) is 6.71. The highest BCUT2D eigenvalue weighted by Crippen LogP contribution is 2.38. The maximum atomic E-state index is 13.0. The number of benzene rings is 1. The van der Waals surface area contributed by atoms with Gasteiger partial charge in [-0.25, -0.2) is 9.67 Å². The van der Waals surface area contributed by atoms with E-state index in [4.69, 9.17) is 5.73 Å². The number of halogens is 3. The largest absolute Gasteiger partial charge is 0.507 e. The predicted octanol–water partition coefficient (Wildman–Crippen LogP) is 2.82. The van der Waals surface area contributed by atoms with E-state index < -0.39 is 17.5 Å². The summed E-state index contributed by atoms with van der Waals surface area (Å²) in [6.07, 6.45) is -3.24. The number of phenols is 1. The fourth-order valence-corrected chi connectivity index (χ4v) is 2.32. The van der Waals surface area contributed by atoms with Gasteiger partial charge in [0, 0.05) is 18.3 Å². The monoisotopic (exact) mass is 323 g/mol. The molecule has 0 spiro atoms. The second-order valence-electron chi connectivity index (χ2n) is 4.86. The van der Waals surface area contributed by atoms with Gasteiger partial charge >= 0.3 is 6.18 Å². The Morgan fingerprint density at radius 3 is 2.70 bits per heavy atom. The molecule has 0 atom stereocenters. The lowest BCUT2D eigenvalue weighted by molar-refractivity contribution is -0.138. The van der Waals surface area contributed by atoms with E-state index in [1.54, 1.807) is 0 Å². The van der Waals surface area contributed by atoms with E-state index in [0.717, 1.165) is 12.1 Å². The van der Waals surface area contributed by atoms with Gasteiger partial charge in [0.1, 0.15) is 11.4 Å². The van der Waals surface area contributed by atoms with Crippen LogP contribution in [0.2, 0.25) is 0 Å². The van der Waals surface area contributed by atoms with Crippen molar-refractivity contribution in [3.63, 3.8) is 0 Å². The number of aromatic hydroxyl groups is 1. The Bertz CT molecular complexity index is 888. The molecule has 3 aromatic rings. The number of phenolic OH excluding ortho intramolecular Hbond substituents is 1. The fourth-order valence-electron chi connectivity index (χ4n) is 2.32. The van der Waals surface area contributed by atoms with Crippen LogP contribution in [0.25, 0.3) is 22.3 Å². The second kappa shape index (κ2) is 5.11. The number of nitrogens with zero attached hydrogens (tertiary/aromatic N) is 4. The quantitative estimate of drug-likeness (QED) is 0.757. The van der Waals surface area contributed by atoms with E-state index >= 15 is 0 Å². The first-order valence-corrected chi connectivity index (χ1v) is 6.71. The number of hydrogen-bond acceptors (Lipinski definition) is 5. The molecular weight excluding hydrogens is 311 g/mol. The van der Waals surface area contributed by atoms with Crippen LogP contribution in [0.3, 0.4) is 0 Å².